The van der Waals surface area contributed by atoms with Crippen LogP contribution in [0.2, 0.25) is 0 Å². The van der Waals surface area contributed by atoms with Crippen LogP contribution in [0.4, 0.5) is 0 Å². The summed E-state index contributed by atoms with van der Waals surface area (Å²) < 4.78 is 10.7. The zero-order chi connectivity index (χ0) is 18.6. The zero-order valence-electron chi connectivity index (χ0n) is 15.1. The second kappa shape index (κ2) is 7.27. The molecular weight excluding hydrogens is 336 g/mol. The molecule has 2 heterocycles. The fraction of sp³-hybridized carbons (Fsp3) is 0.0870. The lowest BCUT2D eigenvalue weighted by Crippen LogP contribution is -1.91. The minimum Gasteiger partial charge on any atom is -0.493 e. The first kappa shape index (κ1) is 16.7. The second-order valence-corrected chi connectivity index (χ2v) is 6.01. The molecule has 0 fully saturated rings. The summed E-state index contributed by atoms with van der Waals surface area (Å²) >= 11 is 0. The van der Waals surface area contributed by atoms with E-state index in [0.717, 1.165) is 33.3 Å². The van der Waals surface area contributed by atoms with Gasteiger partial charge in [-0.2, -0.15) is 0 Å². The molecule has 0 spiro atoms. The third kappa shape index (κ3) is 3.36. The van der Waals surface area contributed by atoms with E-state index in [2.05, 4.69) is 27.9 Å². The summed E-state index contributed by atoms with van der Waals surface area (Å²) in [7, 11) is 3.26. The molecule has 0 aliphatic heterocycles. The molecule has 4 heteroatoms. The van der Waals surface area contributed by atoms with Crippen molar-refractivity contribution in [1.82, 2.24) is 9.97 Å². The number of hydrogen-bond acceptors (Lipinski definition) is 3. The third-order valence-electron chi connectivity index (χ3n) is 4.36. The zero-order valence-corrected chi connectivity index (χ0v) is 15.1. The number of ether oxygens (including phenoxy) is 2. The lowest BCUT2D eigenvalue weighted by Gasteiger charge is -2.09. The van der Waals surface area contributed by atoms with Crippen molar-refractivity contribution in [2.24, 2.45) is 0 Å². The second-order valence-electron chi connectivity index (χ2n) is 6.01. The summed E-state index contributed by atoms with van der Waals surface area (Å²) in [6, 6.07) is 17.9. The van der Waals surface area contributed by atoms with E-state index in [1.807, 2.05) is 60.9 Å². The van der Waals surface area contributed by atoms with Gasteiger partial charge < -0.3 is 14.5 Å². The third-order valence-corrected chi connectivity index (χ3v) is 4.36. The normalized spacial score (nSPS) is 10.3. The van der Waals surface area contributed by atoms with Gasteiger partial charge in [-0.3, -0.25) is 0 Å². The number of benzene rings is 2. The van der Waals surface area contributed by atoms with Gasteiger partial charge in [0.25, 0.3) is 0 Å². The molecule has 2 aromatic heterocycles. The van der Waals surface area contributed by atoms with Gasteiger partial charge in [-0.1, -0.05) is 36.1 Å². The van der Waals surface area contributed by atoms with E-state index in [4.69, 9.17) is 9.47 Å². The van der Waals surface area contributed by atoms with Crippen LogP contribution >= 0.6 is 0 Å². The van der Waals surface area contributed by atoms with Gasteiger partial charge in [-0.05, 0) is 35.9 Å². The predicted molar refractivity (Wildman–Crippen MR) is 107 cm³/mol. The Hall–Kier alpha value is -3.71. The van der Waals surface area contributed by atoms with Gasteiger partial charge in [-0.15, -0.1) is 0 Å². The highest BCUT2D eigenvalue weighted by molar-refractivity contribution is 5.87. The standard InChI is InChI=1S/C23H18N2O2/c1-26-21-11-10-17(13-22(21)27-2)19-12-20-18(14-24-23(20)25-15-19)9-8-16-6-4-3-5-7-16/h3-7,10-15H,1-2H3,(H,24,25). The smallest absolute Gasteiger partial charge is 0.161 e. The first-order valence-electron chi connectivity index (χ1n) is 8.55. The van der Waals surface area contributed by atoms with E-state index in [1.54, 1.807) is 14.2 Å². The number of hydrogen-bond donors (Lipinski definition) is 1. The van der Waals surface area contributed by atoms with Crippen LogP contribution < -0.4 is 9.47 Å². The molecule has 0 aliphatic carbocycles. The van der Waals surface area contributed by atoms with Gasteiger partial charge in [0.15, 0.2) is 11.5 Å². The molecule has 132 valence electrons. The summed E-state index contributed by atoms with van der Waals surface area (Å²) in [5.74, 6) is 7.82. The Morgan fingerprint density at radius 2 is 1.67 bits per heavy atom. The van der Waals surface area contributed by atoms with Gasteiger partial charge in [0.2, 0.25) is 0 Å². The Labute approximate surface area is 157 Å². The molecule has 4 aromatic rings. The number of aromatic amines is 1. The van der Waals surface area contributed by atoms with E-state index in [1.165, 1.54) is 0 Å². The van der Waals surface area contributed by atoms with Crippen LogP contribution in [0.5, 0.6) is 11.5 Å². The van der Waals surface area contributed by atoms with Gasteiger partial charge in [-0.25, -0.2) is 4.98 Å². The molecule has 0 radical (unpaired) electrons. The minimum atomic E-state index is 0.688. The molecule has 0 atom stereocenters. The average Bonchev–Trinajstić information content (AvgIpc) is 3.14. The number of aromatic nitrogens is 2. The summed E-state index contributed by atoms with van der Waals surface area (Å²) in [5, 5.41) is 0.991. The summed E-state index contributed by atoms with van der Waals surface area (Å²) in [6.45, 7) is 0. The average molecular weight is 354 g/mol. The highest BCUT2D eigenvalue weighted by atomic mass is 16.5. The lowest BCUT2D eigenvalue weighted by atomic mass is 10.0. The molecule has 2 aromatic carbocycles. The van der Waals surface area contributed by atoms with Crippen LogP contribution in [0.3, 0.4) is 0 Å². The maximum atomic E-state index is 5.41. The number of H-pyrrole nitrogens is 1. The van der Waals surface area contributed by atoms with E-state index in [0.29, 0.717) is 11.5 Å². The molecule has 4 nitrogen and oxygen atoms in total. The van der Waals surface area contributed by atoms with Crippen LogP contribution in [-0.2, 0) is 0 Å². The van der Waals surface area contributed by atoms with Crippen LogP contribution in [0, 0.1) is 11.8 Å². The van der Waals surface area contributed by atoms with Crippen LogP contribution in [0.1, 0.15) is 11.1 Å². The van der Waals surface area contributed by atoms with Gasteiger partial charge in [0, 0.05) is 28.9 Å². The molecule has 1 N–H and O–H groups in total. The van der Waals surface area contributed by atoms with Crippen LogP contribution in [0.15, 0.2) is 67.0 Å². The van der Waals surface area contributed by atoms with Crippen molar-refractivity contribution in [1.29, 1.82) is 0 Å². The predicted octanol–water partition coefficient (Wildman–Crippen LogP) is 4.65. The van der Waals surface area contributed by atoms with Crippen molar-refractivity contribution in [2.45, 2.75) is 0 Å². The van der Waals surface area contributed by atoms with E-state index in [-0.39, 0.29) is 0 Å². The molecule has 0 aliphatic rings. The molecule has 0 bridgehead atoms. The Morgan fingerprint density at radius 3 is 2.44 bits per heavy atom. The van der Waals surface area contributed by atoms with Crippen LogP contribution in [0.25, 0.3) is 22.2 Å². The van der Waals surface area contributed by atoms with Crippen molar-refractivity contribution in [3.63, 3.8) is 0 Å². The van der Waals surface area contributed by atoms with Gasteiger partial charge in [0.1, 0.15) is 5.65 Å². The summed E-state index contributed by atoms with van der Waals surface area (Å²) in [6.07, 6.45) is 3.74. The lowest BCUT2D eigenvalue weighted by molar-refractivity contribution is 0.355. The Bertz CT molecular complexity index is 1150. The van der Waals surface area contributed by atoms with Crippen molar-refractivity contribution in [3.8, 4) is 34.5 Å². The van der Waals surface area contributed by atoms with E-state index >= 15 is 0 Å². The maximum absolute atomic E-state index is 5.41. The number of methoxy groups -OCH3 is 2. The van der Waals surface area contributed by atoms with Crippen molar-refractivity contribution in [2.75, 3.05) is 14.2 Å². The number of rotatable bonds is 3. The van der Waals surface area contributed by atoms with Crippen molar-refractivity contribution < 1.29 is 9.47 Å². The number of nitrogens with zero attached hydrogens (tertiary/aromatic N) is 1. The van der Waals surface area contributed by atoms with Crippen molar-refractivity contribution in [3.05, 3.63) is 78.1 Å². The first-order chi connectivity index (χ1) is 13.3. The Kier molecular flexibility index (Phi) is 4.51. The fourth-order valence-electron chi connectivity index (χ4n) is 2.94. The molecule has 0 unspecified atom stereocenters. The van der Waals surface area contributed by atoms with Gasteiger partial charge in [0.05, 0.1) is 19.8 Å². The molecule has 27 heavy (non-hydrogen) atoms. The monoisotopic (exact) mass is 354 g/mol. The molecule has 0 amide bonds. The first-order valence-corrected chi connectivity index (χ1v) is 8.55. The number of pyridine rings is 1. The van der Waals surface area contributed by atoms with Crippen LogP contribution in [-0.4, -0.2) is 24.2 Å². The largest absolute Gasteiger partial charge is 0.493 e. The van der Waals surface area contributed by atoms with E-state index < -0.39 is 0 Å². The van der Waals surface area contributed by atoms with E-state index in [9.17, 15) is 0 Å². The highest BCUT2D eigenvalue weighted by Crippen LogP contribution is 2.33. The minimum absolute atomic E-state index is 0.688. The molecule has 0 saturated heterocycles. The summed E-state index contributed by atoms with van der Waals surface area (Å²) in [4.78, 5) is 7.72. The number of fused-ring (bicyclic) bond motifs is 1. The highest BCUT2D eigenvalue weighted by Gasteiger charge is 2.09. The Balaban J connectivity index is 1.75. The van der Waals surface area contributed by atoms with Gasteiger partial charge >= 0.3 is 0 Å². The van der Waals surface area contributed by atoms with Crippen molar-refractivity contribution >= 4 is 11.0 Å². The SMILES string of the molecule is COc1ccc(-c2cnc3[nH]cc(C#Cc4ccccc4)c3c2)cc1OC. The fourth-order valence-corrected chi connectivity index (χ4v) is 2.94. The molecule has 4 rings (SSSR count). The Morgan fingerprint density at radius 1 is 0.852 bits per heavy atom. The number of nitrogens with one attached hydrogen (secondary N) is 1. The summed E-state index contributed by atoms with van der Waals surface area (Å²) in [5.41, 5.74) is 4.71. The topological polar surface area (TPSA) is 47.1 Å². The quantitative estimate of drug-likeness (QED) is 0.545. The molecular formula is C23H18N2O2. The molecule has 0 saturated carbocycles. The maximum Gasteiger partial charge on any atom is 0.161 e.